The maximum absolute atomic E-state index is 12.4. The molecule has 5 heteroatoms. The molecule has 0 bridgehead atoms. The van der Waals surface area contributed by atoms with E-state index in [9.17, 15) is 4.79 Å². The second-order valence-corrected chi connectivity index (χ2v) is 4.98. The van der Waals surface area contributed by atoms with Crippen LogP contribution in [0.5, 0.6) is 0 Å². The molecule has 2 rings (SSSR count). The van der Waals surface area contributed by atoms with Crippen molar-refractivity contribution in [2.45, 2.75) is 31.5 Å². The molecule has 2 unspecified atom stereocenters. The van der Waals surface area contributed by atoms with Crippen LogP contribution in [0, 0.1) is 0 Å². The van der Waals surface area contributed by atoms with Crippen LogP contribution in [0.4, 0.5) is 0 Å². The monoisotopic (exact) mass is 242 g/mol. The zero-order chi connectivity index (χ0) is 12.3. The lowest BCUT2D eigenvalue weighted by Gasteiger charge is -2.37. The highest BCUT2D eigenvalue weighted by molar-refractivity contribution is 5.85. The van der Waals surface area contributed by atoms with E-state index in [1.807, 2.05) is 18.9 Å². The molecule has 0 aromatic carbocycles. The Morgan fingerprint density at radius 2 is 2.35 bits per heavy atom. The minimum atomic E-state index is -0.596. The first-order chi connectivity index (χ1) is 8.15. The van der Waals surface area contributed by atoms with E-state index in [0.717, 1.165) is 19.4 Å². The average molecular weight is 242 g/mol. The van der Waals surface area contributed by atoms with Gasteiger partial charge in [0.25, 0.3) is 5.91 Å². The summed E-state index contributed by atoms with van der Waals surface area (Å²) in [6.07, 6.45) is 1.91. The number of nitrogens with zero attached hydrogens (tertiary/aromatic N) is 1. The first kappa shape index (κ1) is 12.8. The van der Waals surface area contributed by atoms with Gasteiger partial charge in [-0.15, -0.1) is 0 Å². The Morgan fingerprint density at radius 1 is 1.53 bits per heavy atom. The van der Waals surface area contributed by atoms with Crippen LogP contribution in [0.25, 0.3) is 0 Å². The number of nitrogens with one attached hydrogen (secondary N) is 1. The van der Waals surface area contributed by atoms with E-state index in [0.29, 0.717) is 26.3 Å². The maximum atomic E-state index is 12.4. The molecule has 2 fully saturated rings. The molecule has 1 N–H and O–H groups in total. The number of hydrogen-bond donors (Lipinski definition) is 1. The largest absolute Gasteiger partial charge is 0.373 e. The average Bonchev–Trinajstić information content (AvgIpc) is 2.77. The summed E-state index contributed by atoms with van der Waals surface area (Å²) >= 11 is 0. The van der Waals surface area contributed by atoms with Gasteiger partial charge >= 0.3 is 0 Å². The summed E-state index contributed by atoms with van der Waals surface area (Å²) in [5.41, 5.74) is -0.596. The van der Waals surface area contributed by atoms with Gasteiger partial charge in [-0.2, -0.15) is 0 Å². The highest BCUT2D eigenvalue weighted by Crippen LogP contribution is 2.27. The third-order valence-corrected chi connectivity index (χ3v) is 3.53. The molecule has 0 spiro atoms. The third kappa shape index (κ3) is 2.78. The van der Waals surface area contributed by atoms with Crippen molar-refractivity contribution in [2.24, 2.45) is 0 Å². The highest BCUT2D eigenvalue weighted by Gasteiger charge is 2.41. The Balaban J connectivity index is 1.94. The molecule has 98 valence electrons. The highest BCUT2D eigenvalue weighted by atomic mass is 16.5. The Bertz CT molecular complexity index is 275. The van der Waals surface area contributed by atoms with Crippen molar-refractivity contribution in [3.05, 3.63) is 0 Å². The Kier molecular flexibility index (Phi) is 4.01. The topological polar surface area (TPSA) is 50.8 Å². The second kappa shape index (κ2) is 5.33. The predicted molar refractivity (Wildman–Crippen MR) is 63.8 cm³/mol. The van der Waals surface area contributed by atoms with Crippen LogP contribution in [0.1, 0.15) is 19.8 Å². The molecular formula is C12H22N2O3. The van der Waals surface area contributed by atoms with Crippen molar-refractivity contribution in [2.75, 3.05) is 39.9 Å². The van der Waals surface area contributed by atoms with Gasteiger partial charge in [0.2, 0.25) is 0 Å². The Morgan fingerprint density at radius 3 is 3.00 bits per heavy atom. The van der Waals surface area contributed by atoms with Gasteiger partial charge in [-0.05, 0) is 26.8 Å². The summed E-state index contributed by atoms with van der Waals surface area (Å²) in [5, 5.41) is 3.08. The maximum Gasteiger partial charge on any atom is 0.254 e. The second-order valence-electron chi connectivity index (χ2n) is 4.98. The summed E-state index contributed by atoms with van der Waals surface area (Å²) in [6, 6.07) is 0. The molecule has 0 aliphatic carbocycles. The van der Waals surface area contributed by atoms with Crippen LogP contribution in [-0.4, -0.2) is 62.4 Å². The number of amides is 1. The lowest BCUT2D eigenvalue weighted by atomic mass is 10.0. The number of carbonyl (C=O) groups excluding carboxylic acids is 1. The predicted octanol–water partition coefficient (Wildman–Crippen LogP) is 0.00230. The molecule has 5 nitrogen and oxygen atoms in total. The van der Waals surface area contributed by atoms with E-state index >= 15 is 0 Å². The quantitative estimate of drug-likeness (QED) is 0.757. The summed E-state index contributed by atoms with van der Waals surface area (Å²) in [7, 11) is 1.89. The lowest BCUT2D eigenvalue weighted by Crippen LogP contribution is -2.54. The number of likely N-dealkylation sites (N-methyl/N-ethyl adjacent to an activating group) is 1. The minimum absolute atomic E-state index is 0.0997. The Hall–Kier alpha value is -0.650. The first-order valence-electron chi connectivity index (χ1n) is 6.35. The van der Waals surface area contributed by atoms with Gasteiger partial charge in [-0.25, -0.2) is 0 Å². The van der Waals surface area contributed by atoms with E-state index in [4.69, 9.17) is 9.47 Å². The molecular weight excluding hydrogens is 220 g/mol. The van der Waals surface area contributed by atoms with Crippen LogP contribution in [-0.2, 0) is 14.3 Å². The summed E-state index contributed by atoms with van der Waals surface area (Å²) in [4.78, 5) is 14.3. The number of ether oxygens (including phenoxy) is 2. The van der Waals surface area contributed by atoms with Crippen LogP contribution < -0.4 is 5.32 Å². The number of morpholine rings is 1. The first-order valence-corrected chi connectivity index (χ1v) is 6.35. The number of rotatable bonds is 3. The fourth-order valence-corrected chi connectivity index (χ4v) is 2.54. The van der Waals surface area contributed by atoms with E-state index in [1.165, 1.54) is 0 Å². The lowest BCUT2D eigenvalue weighted by molar-refractivity contribution is -0.158. The van der Waals surface area contributed by atoms with Crippen molar-refractivity contribution in [3.63, 3.8) is 0 Å². The number of hydrogen-bond acceptors (Lipinski definition) is 4. The molecule has 17 heavy (non-hydrogen) atoms. The van der Waals surface area contributed by atoms with E-state index in [2.05, 4.69) is 5.32 Å². The normalized spacial score (nSPS) is 34.0. The summed E-state index contributed by atoms with van der Waals surface area (Å²) in [5.74, 6) is 0.124. The van der Waals surface area contributed by atoms with Gasteiger partial charge in [0.15, 0.2) is 0 Å². The van der Waals surface area contributed by atoms with Gasteiger partial charge in [0.05, 0.1) is 12.7 Å². The van der Waals surface area contributed by atoms with Crippen molar-refractivity contribution in [1.29, 1.82) is 0 Å². The molecule has 0 saturated carbocycles. The molecule has 1 amide bonds. The molecule has 0 aromatic heterocycles. The SMILES string of the molecule is CNCC1CN(C(=O)C2(C)CCCO2)CCO1. The summed E-state index contributed by atoms with van der Waals surface area (Å²) in [6.45, 7) is 5.35. The van der Waals surface area contributed by atoms with Crippen LogP contribution in [0.2, 0.25) is 0 Å². The fraction of sp³-hybridized carbons (Fsp3) is 0.917. The molecule has 2 heterocycles. The van der Waals surface area contributed by atoms with Gasteiger partial charge in [-0.1, -0.05) is 0 Å². The van der Waals surface area contributed by atoms with Crippen LogP contribution in [0.15, 0.2) is 0 Å². The van der Waals surface area contributed by atoms with Crippen molar-refractivity contribution in [1.82, 2.24) is 10.2 Å². The van der Waals surface area contributed by atoms with Gasteiger partial charge in [-0.3, -0.25) is 4.79 Å². The van der Waals surface area contributed by atoms with Crippen LogP contribution >= 0.6 is 0 Å². The van der Waals surface area contributed by atoms with E-state index in [-0.39, 0.29) is 12.0 Å². The summed E-state index contributed by atoms with van der Waals surface area (Å²) < 4.78 is 11.2. The minimum Gasteiger partial charge on any atom is -0.373 e. The third-order valence-electron chi connectivity index (χ3n) is 3.53. The molecule has 2 saturated heterocycles. The zero-order valence-electron chi connectivity index (χ0n) is 10.7. The van der Waals surface area contributed by atoms with E-state index < -0.39 is 5.60 Å². The van der Waals surface area contributed by atoms with Crippen molar-refractivity contribution >= 4 is 5.91 Å². The van der Waals surface area contributed by atoms with Gasteiger partial charge in [0, 0.05) is 26.2 Å². The number of carbonyl (C=O) groups is 1. The smallest absolute Gasteiger partial charge is 0.254 e. The van der Waals surface area contributed by atoms with Crippen molar-refractivity contribution < 1.29 is 14.3 Å². The molecule has 2 aliphatic rings. The van der Waals surface area contributed by atoms with Gasteiger partial charge in [0.1, 0.15) is 5.60 Å². The fourth-order valence-electron chi connectivity index (χ4n) is 2.54. The van der Waals surface area contributed by atoms with Crippen molar-refractivity contribution in [3.8, 4) is 0 Å². The Labute approximate surface area is 102 Å². The zero-order valence-corrected chi connectivity index (χ0v) is 10.7. The van der Waals surface area contributed by atoms with Crippen LogP contribution in [0.3, 0.4) is 0 Å². The standard InChI is InChI=1S/C12H22N2O3/c1-12(4-3-6-17-12)11(15)14-5-7-16-10(9-14)8-13-2/h10,13H,3-9H2,1-2H3. The molecule has 0 radical (unpaired) electrons. The molecule has 2 atom stereocenters. The molecule has 2 aliphatic heterocycles. The molecule has 0 aromatic rings. The van der Waals surface area contributed by atoms with E-state index in [1.54, 1.807) is 0 Å². The van der Waals surface area contributed by atoms with Gasteiger partial charge < -0.3 is 19.7 Å².